The first-order chi connectivity index (χ1) is 37.8. The number of hydrogen-bond acceptors (Lipinski definition) is 4. The van der Waals surface area contributed by atoms with Crippen molar-refractivity contribution in [2.45, 2.75) is 5.41 Å². The Morgan fingerprint density at radius 2 is 0.829 bits per heavy atom. The molecule has 0 N–H and O–H groups in total. The summed E-state index contributed by atoms with van der Waals surface area (Å²) in [5.74, 6) is 1.78. The standard InChI is InChI=1S/C70H41N5O/c1-4-22-42(23-5-1)67-71-68(43-24-6-2-7-25-43)73-69(72-67)51-40-41-57(66-59(51)50-33-15-21-39-58(50)76-66)75-56-38-20-13-31-48(56)61-63-60(64-62(65(61)75)49-32-14-19-37-55(49)74(64)44-26-8-3-9-27-44)47-30-12-18-36-54(47)70(63)52-34-16-10-28-45(52)46-29-11-17-35-53(46)70/h1-41H. The average molecular weight is 968 g/mol. The molecule has 11 aromatic carbocycles. The lowest BCUT2D eigenvalue weighted by atomic mass is 9.69. The van der Waals surface area contributed by atoms with Crippen molar-refractivity contribution in [1.82, 2.24) is 24.1 Å². The second kappa shape index (κ2) is 15.4. The molecule has 0 unspecified atom stereocenters. The van der Waals surface area contributed by atoms with Crippen molar-refractivity contribution in [3.05, 3.63) is 271 Å². The molecule has 6 heteroatoms. The van der Waals surface area contributed by atoms with Gasteiger partial charge in [-0.2, -0.15) is 0 Å². The fraction of sp³-hybridized carbons (Fsp3) is 0.0143. The van der Waals surface area contributed by atoms with Gasteiger partial charge in [-0.25, -0.2) is 15.0 Å². The molecule has 6 nitrogen and oxygen atoms in total. The quantitative estimate of drug-likeness (QED) is 0.172. The number of furan rings is 1. The predicted molar refractivity (Wildman–Crippen MR) is 308 cm³/mol. The van der Waals surface area contributed by atoms with Crippen LogP contribution in [0.15, 0.2) is 253 Å². The first-order valence-corrected chi connectivity index (χ1v) is 25.9. The second-order valence-corrected chi connectivity index (χ2v) is 20.1. The Morgan fingerprint density at radius 1 is 0.342 bits per heavy atom. The molecule has 0 atom stereocenters. The summed E-state index contributed by atoms with van der Waals surface area (Å²) in [5.41, 5.74) is 20.4. The molecule has 0 saturated carbocycles. The van der Waals surface area contributed by atoms with Gasteiger partial charge >= 0.3 is 0 Å². The van der Waals surface area contributed by atoms with Gasteiger partial charge in [0.2, 0.25) is 0 Å². The van der Waals surface area contributed by atoms with Crippen LogP contribution in [0.25, 0.3) is 133 Å². The van der Waals surface area contributed by atoms with Gasteiger partial charge in [0.25, 0.3) is 0 Å². The molecule has 0 radical (unpaired) electrons. The SMILES string of the molecule is c1ccc(-c2nc(-c3ccccc3)nc(-c3ccc(-n4c5ccccc5c5c6c(c7c(c8ccccc8n7-c7ccccc7)c54)-c4ccccc4C64c5ccccc5-c5ccccc54)c4oc5ccccc5c34)n2)cc1. The van der Waals surface area contributed by atoms with Gasteiger partial charge in [0.1, 0.15) is 5.58 Å². The summed E-state index contributed by atoms with van der Waals surface area (Å²) in [6.07, 6.45) is 0. The molecule has 4 aromatic heterocycles. The number of nitrogens with zero attached hydrogens (tertiary/aromatic N) is 5. The average Bonchev–Trinajstić information content (AvgIpc) is 4.41. The van der Waals surface area contributed by atoms with Crippen LogP contribution in [-0.4, -0.2) is 24.1 Å². The third kappa shape index (κ3) is 5.36. The Hall–Kier alpha value is -10.2. The molecule has 352 valence electrons. The van der Waals surface area contributed by atoms with Crippen molar-refractivity contribution in [3.8, 4) is 67.8 Å². The fourth-order valence-electron chi connectivity index (χ4n) is 13.5. The van der Waals surface area contributed by atoms with Crippen LogP contribution in [-0.2, 0) is 5.41 Å². The molecular formula is C70H41N5O. The summed E-state index contributed by atoms with van der Waals surface area (Å²) in [5, 5.41) is 6.68. The second-order valence-electron chi connectivity index (χ2n) is 20.1. The van der Waals surface area contributed by atoms with Crippen molar-refractivity contribution in [2.24, 2.45) is 0 Å². The van der Waals surface area contributed by atoms with E-state index < -0.39 is 5.41 Å². The lowest BCUT2D eigenvalue weighted by Gasteiger charge is -2.31. The Balaban J connectivity index is 1.08. The molecule has 15 aromatic rings. The topological polar surface area (TPSA) is 61.7 Å². The van der Waals surface area contributed by atoms with Crippen molar-refractivity contribution in [3.63, 3.8) is 0 Å². The number of rotatable bonds is 5. The van der Waals surface area contributed by atoms with Gasteiger partial charge in [-0.05, 0) is 81.4 Å². The number of fused-ring (bicyclic) bond motifs is 22. The van der Waals surface area contributed by atoms with E-state index in [0.717, 1.165) is 66.6 Å². The van der Waals surface area contributed by atoms with E-state index in [1.165, 1.54) is 71.6 Å². The maximum atomic E-state index is 7.30. The van der Waals surface area contributed by atoms with Gasteiger partial charge in [0.15, 0.2) is 23.1 Å². The summed E-state index contributed by atoms with van der Waals surface area (Å²) >= 11 is 0. The van der Waals surface area contributed by atoms with E-state index in [-0.39, 0.29) is 0 Å². The zero-order valence-corrected chi connectivity index (χ0v) is 40.8. The van der Waals surface area contributed by atoms with E-state index in [9.17, 15) is 0 Å². The van der Waals surface area contributed by atoms with Crippen LogP contribution < -0.4 is 0 Å². The first-order valence-electron chi connectivity index (χ1n) is 25.9. The molecule has 0 saturated heterocycles. The highest BCUT2D eigenvalue weighted by atomic mass is 16.3. The fourth-order valence-corrected chi connectivity index (χ4v) is 13.5. The highest BCUT2D eigenvalue weighted by Gasteiger charge is 2.54. The molecule has 17 rings (SSSR count). The summed E-state index contributed by atoms with van der Waals surface area (Å²) in [6.45, 7) is 0. The van der Waals surface area contributed by atoms with Gasteiger partial charge in [0.05, 0.1) is 33.2 Å². The monoisotopic (exact) mass is 967 g/mol. The van der Waals surface area contributed by atoms with Crippen molar-refractivity contribution >= 4 is 65.6 Å². The van der Waals surface area contributed by atoms with Crippen molar-refractivity contribution in [1.29, 1.82) is 0 Å². The van der Waals surface area contributed by atoms with Gasteiger partial charge < -0.3 is 13.6 Å². The van der Waals surface area contributed by atoms with Crippen LogP contribution in [0.4, 0.5) is 0 Å². The van der Waals surface area contributed by atoms with Crippen molar-refractivity contribution < 1.29 is 4.42 Å². The van der Waals surface area contributed by atoms with E-state index in [2.05, 4.69) is 215 Å². The van der Waals surface area contributed by atoms with Crippen LogP contribution in [0.3, 0.4) is 0 Å². The molecule has 1 spiro atoms. The number of benzene rings is 11. The first kappa shape index (κ1) is 41.3. The summed E-state index contributed by atoms with van der Waals surface area (Å²) in [4.78, 5) is 15.7. The summed E-state index contributed by atoms with van der Waals surface area (Å²) < 4.78 is 12.4. The minimum Gasteiger partial charge on any atom is -0.454 e. The summed E-state index contributed by atoms with van der Waals surface area (Å²) in [7, 11) is 0. The normalized spacial score (nSPS) is 13.1. The summed E-state index contributed by atoms with van der Waals surface area (Å²) in [6, 6.07) is 89.5. The van der Waals surface area contributed by atoms with Gasteiger partial charge in [-0.15, -0.1) is 0 Å². The molecule has 0 bridgehead atoms. The number of aromatic nitrogens is 5. The Kier molecular flexibility index (Phi) is 8.39. The lowest BCUT2D eigenvalue weighted by molar-refractivity contribution is 0.666. The zero-order chi connectivity index (χ0) is 49.6. The largest absolute Gasteiger partial charge is 0.454 e. The maximum Gasteiger partial charge on any atom is 0.164 e. The smallest absolute Gasteiger partial charge is 0.164 e. The Morgan fingerprint density at radius 3 is 1.47 bits per heavy atom. The van der Waals surface area contributed by atoms with Crippen LogP contribution in [0, 0.1) is 0 Å². The third-order valence-electron chi connectivity index (χ3n) is 16.4. The highest BCUT2D eigenvalue weighted by Crippen LogP contribution is 2.67. The molecule has 2 aliphatic carbocycles. The molecule has 0 amide bonds. The lowest BCUT2D eigenvalue weighted by Crippen LogP contribution is -2.26. The number of hydrogen-bond donors (Lipinski definition) is 0. The molecule has 0 fully saturated rings. The van der Waals surface area contributed by atoms with E-state index in [4.69, 9.17) is 19.4 Å². The maximum absolute atomic E-state index is 7.30. The van der Waals surface area contributed by atoms with Crippen molar-refractivity contribution in [2.75, 3.05) is 0 Å². The highest BCUT2D eigenvalue weighted by molar-refractivity contribution is 6.33. The van der Waals surface area contributed by atoms with Crippen LogP contribution in [0.1, 0.15) is 22.3 Å². The van der Waals surface area contributed by atoms with E-state index in [0.29, 0.717) is 17.5 Å². The van der Waals surface area contributed by atoms with E-state index in [1.807, 2.05) is 42.5 Å². The Labute approximate surface area is 436 Å². The Bertz CT molecular complexity index is 4830. The van der Waals surface area contributed by atoms with Gasteiger partial charge in [-0.1, -0.05) is 206 Å². The molecule has 0 aliphatic heterocycles. The molecular weight excluding hydrogens is 927 g/mol. The van der Waals surface area contributed by atoms with Crippen LogP contribution in [0.2, 0.25) is 0 Å². The zero-order valence-electron chi connectivity index (χ0n) is 40.8. The minimum atomic E-state index is -0.650. The van der Waals surface area contributed by atoms with Gasteiger partial charge in [0, 0.05) is 60.3 Å². The number of para-hydroxylation sites is 4. The van der Waals surface area contributed by atoms with Gasteiger partial charge in [-0.3, -0.25) is 0 Å². The van der Waals surface area contributed by atoms with Crippen LogP contribution in [0.5, 0.6) is 0 Å². The van der Waals surface area contributed by atoms with E-state index in [1.54, 1.807) is 0 Å². The molecule has 76 heavy (non-hydrogen) atoms. The molecule has 4 heterocycles. The molecule has 2 aliphatic rings. The third-order valence-corrected chi connectivity index (χ3v) is 16.4. The van der Waals surface area contributed by atoms with E-state index >= 15 is 0 Å². The minimum absolute atomic E-state index is 0.572. The predicted octanol–water partition coefficient (Wildman–Crippen LogP) is 17.3. The van der Waals surface area contributed by atoms with Crippen LogP contribution >= 0.6 is 0 Å².